The number of hydrogen-bond donors (Lipinski definition) is 1. The van der Waals surface area contributed by atoms with Gasteiger partial charge in [-0.3, -0.25) is 4.79 Å². The molecule has 0 saturated heterocycles. The monoisotopic (exact) mass is 393 g/mol. The Bertz CT molecular complexity index is 1140. The molecule has 9 heteroatoms. The zero-order valence-corrected chi connectivity index (χ0v) is 15.6. The molecule has 29 heavy (non-hydrogen) atoms. The maximum Gasteiger partial charge on any atom is 0.355 e. The predicted octanol–water partition coefficient (Wildman–Crippen LogP) is 2.45. The van der Waals surface area contributed by atoms with E-state index in [1.165, 1.54) is 30.0 Å². The molecule has 1 atom stereocenters. The molecule has 0 radical (unpaired) electrons. The van der Waals surface area contributed by atoms with Crippen LogP contribution in [0.2, 0.25) is 0 Å². The van der Waals surface area contributed by atoms with Crippen LogP contribution in [0.1, 0.15) is 27.5 Å². The number of methoxy groups -OCH3 is 1. The number of carbonyl (C=O) groups excluding carboxylic acids is 2. The number of ketones is 1. The summed E-state index contributed by atoms with van der Waals surface area (Å²) in [6.07, 6.45) is 0. The Morgan fingerprint density at radius 2 is 1.86 bits per heavy atom. The number of carbonyl (C=O) groups is 2. The second-order valence-electron chi connectivity index (χ2n) is 6.47. The van der Waals surface area contributed by atoms with Crippen molar-refractivity contribution in [1.82, 2.24) is 20.2 Å². The van der Waals surface area contributed by atoms with E-state index in [9.17, 15) is 14.0 Å². The van der Waals surface area contributed by atoms with E-state index in [1.807, 2.05) is 6.92 Å². The van der Waals surface area contributed by atoms with Crippen molar-refractivity contribution in [3.63, 3.8) is 0 Å². The highest BCUT2D eigenvalue weighted by molar-refractivity contribution is 6.14. The lowest BCUT2D eigenvalue weighted by atomic mass is 9.89. The zero-order valence-electron chi connectivity index (χ0n) is 15.6. The van der Waals surface area contributed by atoms with Gasteiger partial charge in [-0.15, -0.1) is 0 Å². The number of aromatic nitrogens is 4. The first-order valence-electron chi connectivity index (χ1n) is 8.74. The first-order chi connectivity index (χ1) is 14.0. The number of Topliss-reactive ketones (excluding diaryl/α,β-unsaturated/α-hetero) is 1. The summed E-state index contributed by atoms with van der Waals surface area (Å²) < 4.78 is 20.8. The molecule has 1 aliphatic heterocycles. The second-order valence-corrected chi connectivity index (χ2v) is 6.47. The quantitative estimate of drug-likeness (QED) is 0.537. The van der Waals surface area contributed by atoms with Crippen molar-refractivity contribution in [2.24, 2.45) is 0 Å². The molecular weight excluding hydrogens is 377 g/mol. The fraction of sp³-hybridized carbons (Fsp3) is 0.150. The molecule has 0 saturated carbocycles. The Morgan fingerprint density at radius 3 is 2.55 bits per heavy atom. The van der Waals surface area contributed by atoms with Gasteiger partial charge in [0.2, 0.25) is 5.95 Å². The zero-order chi connectivity index (χ0) is 20.5. The molecule has 4 rings (SSSR count). The largest absolute Gasteiger partial charge is 0.464 e. The minimum Gasteiger partial charge on any atom is -0.464 e. The lowest BCUT2D eigenvalue weighted by molar-refractivity contribution is -0.136. The maximum atomic E-state index is 14.7. The summed E-state index contributed by atoms with van der Waals surface area (Å²) in [7, 11) is 1.20. The van der Waals surface area contributed by atoms with E-state index in [1.54, 1.807) is 30.3 Å². The van der Waals surface area contributed by atoms with Crippen molar-refractivity contribution in [3.05, 3.63) is 82.3 Å². The van der Waals surface area contributed by atoms with E-state index in [0.717, 1.165) is 5.56 Å². The molecule has 0 amide bonds. The molecule has 1 N–H and O–H groups in total. The molecule has 2 heterocycles. The van der Waals surface area contributed by atoms with Gasteiger partial charge in [0.1, 0.15) is 17.6 Å². The van der Waals surface area contributed by atoms with Crippen molar-refractivity contribution < 1.29 is 18.7 Å². The van der Waals surface area contributed by atoms with E-state index in [0.29, 0.717) is 5.56 Å². The fourth-order valence-corrected chi connectivity index (χ4v) is 3.23. The van der Waals surface area contributed by atoms with E-state index in [2.05, 4.69) is 20.8 Å². The van der Waals surface area contributed by atoms with Gasteiger partial charge in [0.05, 0.1) is 12.7 Å². The van der Waals surface area contributed by atoms with Crippen LogP contribution in [0.5, 0.6) is 0 Å². The van der Waals surface area contributed by atoms with Crippen LogP contribution < -0.4 is 5.32 Å². The maximum absolute atomic E-state index is 14.7. The Morgan fingerprint density at radius 1 is 1.14 bits per heavy atom. The van der Waals surface area contributed by atoms with Crippen LogP contribution in [0.3, 0.4) is 0 Å². The van der Waals surface area contributed by atoms with Crippen LogP contribution in [-0.2, 0) is 9.53 Å². The number of rotatable bonds is 4. The number of hydrogen-bond acceptors (Lipinski definition) is 7. The molecule has 146 valence electrons. The van der Waals surface area contributed by atoms with Crippen LogP contribution in [0.25, 0.3) is 0 Å². The van der Waals surface area contributed by atoms with Crippen molar-refractivity contribution in [1.29, 1.82) is 0 Å². The van der Waals surface area contributed by atoms with Gasteiger partial charge in [-0.2, -0.15) is 4.68 Å². The van der Waals surface area contributed by atoms with Crippen LogP contribution >= 0.6 is 0 Å². The molecule has 0 aliphatic carbocycles. The van der Waals surface area contributed by atoms with Crippen LogP contribution in [0, 0.1) is 12.7 Å². The number of halogens is 1. The van der Waals surface area contributed by atoms with E-state index >= 15 is 0 Å². The lowest BCUT2D eigenvalue weighted by Crippen LogP contribution is -2.33. The Balaban J connectivity index is 1.97. The van der Waals surface area contributed by atoms with Gasteiger partial charge in [0.15, 0.2) is 5.78 Å². The molecule has 2 aromatic carbocycles. The van der Waals surface area contributed by atoms with Crippen LogP contribution in [-0.4, -0.2) is 39.1 Å². The molecule has 0 spiro atoms. The summed E-state index contributed by atoms with van der Waals surface area (Å²) in [4.78, 5) is 26.0. The van der Waals surface area contributed by atoms with Gasteiger partial charge < -0.3 is 10.1 Å². The summed E-state index contributed by atoms with van der Waals surface area (Å²) in [5.74, 6) is -1.71. The summed E-state index contributed by atoms with van der Waals surface area (Å²) in [5, 5.41) is 14.1. The van der Waals surface area contributed by atoms with Crippen molar-refractivity contribution in [2.75, 3.05) is 12.4 Å². The normalized spacial score (nSPS) is 15.5. The Labute approximate surface area is 165 Å². The first kappa shape index (κ1) is 18.5. The third-order valence-corrected chi connectivity index (χ3v) is 4.66. The molecular formula is C20H16FN5O3. The van der Waals surface area contributed by atoms with Crippen LogP contribution in [0.4, 0.5) is 10.3 Å². The highest BCUT2D eigenvalue weighted by Crippen LogP contribution is 2.37. The Kier molecular flexibility index (Phi) is 4.63. The summed E-state index contributed by atoms with van der Waals surface area (Å²) >= 11 is 0. The van der Waals surface area contributed by atoms with Crippen molar-refractivity contribution in [2.45, 2.75) is 13.0 Å². The fourth-order valence-electron chi connectivity index (χ4n) is 3.23. The smallest absolute Gasteiger partial charge is 0.355 e. The number of benzene rings is 2. The number of nitrogens with zero attached hydrogens (tertiary/aromatic N) is 4. The number of nitrogens with one attached hydrogen (secondary N) is 1. The van der Waals surface area contributed by atoms with Gasteiger partial charge in [-0.05, 0) is 23.4 Å². The van der Waals surface area contributed by atoms with Gasteiger partial charge in [-0.25, -0.2) is 9.18 Å². The van der Waals surface area contributed by atoms with Crippen molar-refractivity contribution in [3.8, 4) is 0 Å². The minimum absolute atomic E-state index is 0.00870. The molecule has 0 unspecified atom stereocenters. The predicted molar refractivity (Wildman–Crippen MR) is 101 cm³/mol. The standard InChI is InChI=1S/C20H16FN5O3/c1-11-7-9-12(10-8-11)18(27)15-16(19(28)29-2)22-20-23-24-25-26(20)17(15)13-5-3-4-6-14(13)21/h3-10,17H,1-2H3,(H,22,23,25)/t17-/m0/s1. The number of ether oxygens (including phenoxy) is 1. The highest BCUT2D eigenvalue weighted by Gasteiger charge is 2.39. The summed E-state index contributed by atoms with van der Waals surface area (Å²) in [5.41, 5.74) is 1.32. The number of allylic oxidation sites excluding steroid dienone is 1. The van der Waals surface area contributed by atoms with Gasteiger partial charge in [0, 0.05) is 11.1 Å². The third-order valence-electron chi connectivity index (χ3n) is 4.66. The summed E-state index contributed by atoms with van der Waals surface area (Å²) in [6, 6.07) is 11.8. The van der Waals surface area contributed by atoms with Gasteiger partial charge in [-0.1, -0.05) is 53.1 Å². The lowest BCUT2D eigenvalue weighted by Gasteiger charge is -2.28. The number of tetrazole rings is 1. The van der Waals surface area contributed by atoms with Crippen LogP contribution in [0.15, 0.2) is 59.8 Å². The van der Waals surface area contributed by atoms with E-state index < -0.39 is 23.6 Å². The second kappa shape index (κ2) is 7.27. The average Bonchev–Trinajstić information content (AvgIpc) is 3.21. The van der Waals surface area contributed by atoms with Crippen molar-refractivity contribution >= 4 is 17.7 Å². The van der Waals surface area contributed by atoms with Gasteiger partial charge >= 0.3 is 5.97 Å². The highest BCUT2D eigenvalue weighted by atomic mass is 19.1. The molecule has 0 bridgehead atoms. The van der Waals surface area contributed by atoms with E-state index in [4.69, 9.17) is 4.74 Å². The minimum atomic E-state index is -1.05. The molecule has 3 aromatic rings. The number of esters is 1. The number of fused-ring (bicyclic) bond motifs is 1. The Hall–Kier alpha value is -3.88. The average molecular weight is 393 g/mol. The third kappa shape index (κ3) is 3.16. The molecule has 0 fully saturated rings. The topological polar surface area (TPSA) is 99.0 Å². The number of aryl methyl sites for hydroxylation is 1. The molecule has 8 nitrogen and oxygen atoms in total. The summed E-state index contributed by atoms with van der Waals surface area (Å²) in [6.45, 7) is 1.89. The van der Waals surface area contributed by atoms with E-state index in [-0.39, 0.29) is 22.8 Å². The molecule has 1 aliphatic rings. The first-order valence-corrected chi connectivity index (χ1v) is 8.74. The number of anilines is 1. The molecule has 1 aromatic heterocycles. The SMILES string of the molecule is COC(=O)C1=C(C(=O)c2ccc(C)cc2)[C@H](c2ccccc2F)n2nnnc2N1. The van der Waals surface area contributed by atoms with Gasteiger partial charge in [0.25, 0.3) is 0 Å².